The van der Waals surface area contributed by atoms with E-state index in [4.69, 9.17) is 4.52 Å². The van der Waals surface area contributed by atoms with Crippen molar-refractivity contribution in [3.05, 3.63) is 60.4 Å². The molecule has 0 amide bonds. The van der Waals surface area contributed by atoms with Gasteiger partial charge in [-0.15, -0.1) is 0 Å². The fourth-order valence-electron chi connectivity index (χ4n) is 1.72. The van der Waals surface area contributed by atoms with Crippen LogP contribution in [-0.2, 0) is 6.42 Å². The van der Waals surface area contributed by atoms with Crippen molar-refractivity contribution in [2.24, 2.45) is 0 Å². The minimum absolute atomic E-state index is 0.0662. The molecule has 2 heterocycles. The molecule has 0 aliphatic carbocycles. The molecule has 0 bridgehead atoms. The molecule has 0 fully saturated rings. The lowest BCUT2D eigenvalue weighted by atomic mass is 10.1. The highest BCUT2D eigenvalue weighted by Crippen LogP contribution is 2.12. The largest absolute Gasteiger partial charge is 0.338 e. The van der Waals surface area contributed by atoms with Crippen LogP contribution in [0.15, 0.2) is 53.4 Å². The molecule has 0 unspecified atom stereocenters. The van der Waals surface area contributed by atoms with Gasteiger partial charge in [-0.25, -0.2) is 9.97 Å². The van der Waals surface area contributed by atoms with E-state index in [0.29, 0.717) is 17.1 Å². The topological polar surface area (TPSA) is 81.8 Å². The van der Waals surface area contributed by atoms with Crippen LogP contribution in [0.4, 0.5) is 0 Å². The molecule has 0 spiro atoms. The van der Waals surface area contributed by atoms with Gasteiger partial charge in [0, 0.05) is 11.8 Å². The molecule has 98 valence electrons. The van der Waals surface area contributed by atoms with E-state index in [1.165, 1.54) is 6.33 Å². The van der Waals surface area contributed by atoms with Crippen LogP contribution in [0, 0.1) is 0 Å². The maximum atomic E-state index is 12.0. The predicted octanol–water partition coefficient (Wildman–Crippen LogP) is 1.95. The number of ketones is 1. The van der Waals surface area contributed by atoms with Crippen molar-refractivity contribution in [3.8, 4) is 11.5 Å². The molecule has 1 aromatic carbocycles. The molecule has 6 nitrogen and oxygen atoms in total. The van der Waals surface area contributed by atoms with Crippen LogP contribution < -0.4 is 0 Å². The Labute approximate surface area is 114 Å². The second-order valence-electron chi connectivity index (χ2n) is 4.07. The molecule has 2 aromatic heterocycles. The molecule has 0 radical (unpaired) electrons. The van der Waals surface area contributed by atoms with Gasteiger partial charge in [0.1, 0.15) is 12.0 Å². The molecule has 0 aliphatic rings. The molecule has 3 rings (SSSR count). The van der Waals surface area contributed by atoms with Crippen molar-refractivity contribution in [1.29, 1.82) is 0 Å². The van der Waals surface area contributed by atoms with Gasteiger partial charge in [-0.05, 0) is 6.07 Å². The van der Waals surface area contributed by atoms with Gasteiger partial charge >= 0.3 is 0 Å². The summed E-state index contributed by atoms with van der Waals surface area (Å²) in [4.78, 5) is 24.0. The Hall–Kier alpha value is -2.89. The van der Waals surface area contributed by atoms with E-state index in [0.717, 1.165) is 0 Å². The maximum Gasteiger partial charge on any atom is 0.234 e. The highest BCUT2D eigenvalue weighted by molar-refractivity contribution is 5.96. The number of benzene rings is 1. The monoisotopic (exact) mass is 266 g/mol. The lowest BCUT2D eigenvalue weighted by Crippen LogP contribution is -2.03. The molecule has 0 saturated heterocycles. The van der Waals surface area contributed by atoms with E-state index in [1.54, 1.807) is 24.4 Å². The lowest BCUT2D eigenvalue weighted by Gasteiger charge is -1.96. The van der Waals surface area contributed by atoms with E-state index in [2.05, 4.69) is 20.1 Å². The lowest BCUT2D eigenvalue weighted by molar-refractivity contribution is 0.0983. The van der Waals surface area contributed by atoms with Crippen LogP contribution in [0.2, 0.25) is 0 Å². The number of hydrogen-bond donors (Lipinski definition) is 0. The van der Waals surface area contributed by atoms with Gasteiger partial charge in [0.15, 0.2) is 5.78 Å². The van der Waals surface area contributed by atoms with Crippen molar-refractivity contribution in [3.63, 3.8) is 0 Å². The predicted molar refractivity (Wildman–Crippen MR) is 69.8 cm³/mol. The first-order valence-corrected chi connectivity index (χ1v) is 6.00. The third-order valence-corrected chi connectivity index (χ3v) is 2.69. The van der Waals surface area contributed by atoms with E-state index in [-0.39, 0.29) is 18.1 Å². The first-order valence-electron chi connectivity index (χ1n) is 6.00. The van der Waals surface area contributed by atoms with Crippen LogP contribution in [0.3, 0.4) is 0 Å². The van der Waals surface area contributed by atoms with E-state index < -0.39 is 0 Å². The first kappa shape index (κ1) is 12.2. The Balaban J connectivity index is 1.77. The number of carbonyl (C=O) groups excluding carboxylic acids is 1. The number of rotatable bonds is 4. The molecule has 0 aliphatic heterocycles. The summed E-state index contributed by atoms with van der Waals surface area (Å²) in [5.41, 5.74) is 1.18. The highest BCUT2D eigenvalue weighted by atomic mass is 16.5. The zero-order valence-electron chi connectivity index (χ0n) is 10.4. The van der Waals surface area contributed by atoms with Crippen molar-refractivity contribution in [2.75, 3.05) is 0 Å². The number of hydrogen-bond acceptors (Lipinski definition) is 6. The summed E-state index contributed by atoms with van der Waals surface area (Å²) in [6, 6.07) is 10.7. The fourth-order valence-corrected chi connectivity index (χ4v) is 1.72. The quantitative estimate of drug-likeness (QED) is 0.671. The van der Waals surface area contributed by atoms with Crippen LogP contribution in [-0.4, -0.2) is 25.9 Å². The smallest absolute Gasteiger partial charge is 0.234 e. The normalized spacial score (nSPS) is 10.4. The van der Waals surface area contributed by atoms with Crippen molar-refractivity contribution in [2.45, 2.75) is 6.42 Å². The minimum atomic E-state index is -0.0662. The molecule has 0 atom stereocenters. The van der Waals surface area contributed by atoms with Gasteiger partial charge in [-0.2, -0.15) is 4.98 Å². The second kappa shape index (κ2) is 5.40. The van der Waals surface area contributed by atoms with E-state index in [1.807, 2.05) is 18.2 Å². The number of carbonyl (C=O) groups is 1. The molecule has 0 saturated carbocycles. The third kappa shape index (κ3) is 2.59. The Kier molecular flexibility index (Phi) is 3.28. The number of aromatic nitrogens is 4. The summed E-state index contributed by atoms with van der Waals surface area (Å²) in [6.07, 6.45) is 3.07. The van der Waals surface area contributed by atoms with E-state index in [9.17, 15) is 4.79 Å². The fraction of sp³-hybridized carbons (Fsp3) is 0.0714. The van der Waals surface area contributed by atoms with Crippen molar-refractivity contribution in [1.82, 2.24) is 20.1 Å². The molecular formula is C14H10N4O2. The van der Waals surface area contributed by atoms with Gasteiger partial charge in [-0.1, -0.05) is 35.5 Å². The number of nitrogens with zero attached hydrogens (tertiary/aromatic N) is 4. The van der Waals surface area contributed by atoms with Crippen molar-refractivity contribution < 1.29 is 9.32 Å². The minimum Gasteiger partial charge on any atom is -0.338 e. The summed E-state index contributed by atoms with van der Waals surface area (Å²) < 4.78 is 5.07. The van der Waals surface area contributed by atoms with Gasteiger partial charge in [0.05, 0.1) is 6.42 Å². The second-order valence-corrected chi connectivity index (χ2v) is 4.07. The molecule has 0 N–H and O–H groups in total. The summed E-state index contributed by atoms with van der Waals surface area (Å²) in [6.45, 7) is 0. The summed E-state index contributed by atoms with van der Waals surface area (Å²) >= 11 is 0. The molecular weight excluding hydrogens is 256 g/mol. The SMILES string of the molecule is O=C(Cc1nc(-c2ccncn2)no1)c1ccccc1. The molecule has 20 heavy (non-hydrogen) atoms. The van der Waals surface area contributed by atoms with Gasteiger partial charge in [-0.3, -0.25) is 4.79 Å². The van der Waals surface area contributed by atoms with Gasteiger partial charge in [0.2, 0.25) is 11.7 Å². The Morgan fingerprint density at radius 3 is 2.75 bits per heavy atom. The van der Waals surface area contributed by atoms with Crippen LogP contribution in [0.5, 0.6) is 0 Å². The van der Waals surface area contributed by atoms with Crippen LogP contribution in [0.1, 0.15) is 16.2 Å². The zero-order chi connectivity index (χ0) is 13.8. The van der Waals surface area contributed by atoms with Crippen molar-refractivity contribution >= 4 is 5.78 Å². The first-order chi connectivity index (χ1) is 9.83. The summed E-state index contributed by atoms with van der Waals surface area (Å²) in [5, 5.41) is 3.80. The molecule has 6 heteroatoms. The Morgan fingerprint density at radius 2 is 2.00 bits per heavy atom. The van der Waals surface area contributed by atoms with Crippen LogP contribution >= 0.6 is 0 Å². The average molecular weight is 266 g/mol. The molecule has 3 aromatic rings. The highest BCUT2D eigenvalue weighted by Gasteiger charge is 2.14. The summed E-state index contributed by atoms with van der Waals surface area (Å²) in [5.74, 6) is 0.555. The Bertz CT molecular complexity index is 710. The standard InChI is InChI=1S/C14H10N4O2/c19-12(10-4-2-1-3-5-10)8-13-17-14(18-20-13)11-6-7-15-9-16-11/h1-7,9H,8H2. The van der Waals surface area contributed by atoms with E-state index >= 15 is 0 Å². The third-order valence-electron chi connectivity index (χ3n) is 2.69. The summed E-state index contributed by atoms with van der Waals surface area (Å²) in [7, 11) is 0. The van der Waals surface area contributed by atoms with Crippen LogP contribution in [0.25, 0.3) is 11.5 Å². The number of Topliss-reactive ketones (excluding diaryl/α,β-unsaturated/α-hetero) is 1. The van der Waals surface area contributed by atoms with Gasteiger partial charge < -0.3 is 4.52 Å². The zero-order valence-corrected chi connectivity index (χ0v) is 10.4. The Morgan fingerprint density at radius 1 is 1.15 bits per heavy atom. The van der Waals surface area contributed by atoms with Gasteiger partial charge in [0.25, 0.3) is 0 Å². The maximum absolute atomic E-state index is 12.0. The average Bonchev–Trinajstić information content (AvgIpc) is 2.97.